The second kappa shape index (κ2) is 7.11. The van der Waals surface area contributed by atoms with Crippen molar-refractivity contribution >= 4 is 28.5 Å². The van der Waals surface area contributed by atoms with E-state index in [0.717, 1.165) is 12.8 Å². The molecular formula is C19H22FN5O4. The van der Waals surface area contributed by atoms with E-state index in [0.29, 0.717) is 36.8 Å². The quantitative estimate of drug-likeness (QED) is 0.701. The van der Waals surface area contributed by atoms with Crippen molar-refractivity contribution in [2.75, 3.05) is 31.4 Å². The summed E-state index contributed by atoms with van der Waals surface area (Å²) in [6.07, 6.45) is 3.21. The number of fused-ring (bicyclic) bond motifs is 1. The minimum Gasteiger partial charge on any atom is -0.477 e. The van der Waals surface area contributed by atoms with Crippen LogP contribution in [0.4, 0.5) is 10.2 Å². The lowest BCUT2D eigenvalue weighted by atomic mass is 9.88. The molecule has 2 aromatic heterocycles. The van der Waals surface area contributed by atoms with Gasteiger partial charge in [-0.05, 0) is 25.0 Å². The Kier molecular flexibility index (Phi) is 4.73. The molecule has 0 aromatic carbocycles. The Bertz CT molecular complexity index is 1060. The van der Waals surface area contributed by atoms with Crippen LogP contribution in [0, 0.1) is 5.41 Å². The molecule has 1 aliphatic heterocycles. The Morgan fingerprint density at radius 1 is 1.48 bits per heavy atom. The van der Waals surface area contributed by atoms with Crippen molar-refractivity contribution in [3.8, 4) is 0 Å². The molecule has 1 saturated carbocycles. The van der Waals surface area contributed by atoms with Crippen LogP contribution >= 0.6 is 0 Å². The summed E-state index contributed by atoms with van der Waals surface area (Å²) in [5.41, 5.74) is 5.71. The largest absolute Gasteiger partial charge is 0.477 e. The number of hydrogen-bond donors (Lipinski definition) is 2. The van der Waals surface area contributed by atoms with Gasteiger partial charge in [0.15, 0.2) is 0 Å². The first-order valence-corrected chi connectivity index (χ1v) is 9.37. The highest BCUT2D eigenvalue weighted by Gasteiger charge is 2.40. The summed E-state index contributed by atoms with van der Waals surface area (Å²) in [7, 11) is 0. The molecule has 3 heterocycles. The third-order valence-electron chi connectivity index (χ3n) is 5.61. The maximum absolute atomic E-state index is 12.6. The van der Waals surface area contributed by atoms with Crippen molar-refractivity contribution in [3.63, 3.8) is 0 Å². The van der Waals surface area contributed by atoms with Gasteiger partial charge >= 0.3 is 5.97 Å². The molecule has 3 N–H and O–H groups in total. The van der Waals surface area contributed by atoms with Gasteiger partial charge in [-0.25, -0.2) is 14.2 Å². The zero-order valence-corrected chi connectivity index (χ0v) is 16.0. The molecule has 2 aliphatic rings. The van der Waals surface area contributed by atoms with Crippen LogP contribution in [0.3, 0.4) is 0 Å². The molecule has 10 heteroatoms. The molecule has 4 rings (SSSR count). The van der Waals surface area contributed by atoms with E-state index in [1.807, 2.05) is 11.8 Å². The number of oxime groups is 1. The van der Waals surface area contributed by atoms with E-state index in [-0.39, 0.29) is 17.0 Å². The molecule has 0 spiro atoms. The van der Waals surface area contributed by atoms with Crippen LogP contribution in [0.25, 0.3) is 11.0 Å². The van der Waals surface area contributed by atoms with Gasteiger partial charge in [0.05, 0.1) is 17.6 Å². The standard InChI is InChI=1S/C19H22FN5O4/c1-19(8-21)9-24(7-14(19)23-29-10-20)15-5-4-12-16(26)13(18(27)28)6-25(11-2-3-11)17(12)22-15/h4-6,11H,2-3,7-10,21H2,1H3,(H,27,28)/b23-14+. The number of carboxylic acid groups (broad SMARTS) is 1. The number of hydrogen-bond acceptors (Lipinski definition) is 7. The summed E-state index contributed by atoms with van der Waals surface area (Å²) >= 11 is 0. The highest BCUT2D eigenvalue weighted by Crippen LogP contribution is 2.37. The Labute approximate surface area is 165 Å². The first kappa shape index (κ1) is 19.3. The van der Waals surface area contributed by atoms with Crippen molar-refractivity contribution in [2.24, 2.45) is 16.3 Å². The van der Waals surface area contributed by atoms with Gasteiger partial charge < -0.3 is 25.1 Å². The number of alkyl halides is 1. The predicted octanol–water partition coefficient (Wildman–Crippen LogP) is 1.51. The van der Waals surface area contributed by atoms with Gasteiger partial charge in [0.1, 0.15) is 17.0 Å². The molecule has 0 radical (unpaired) electrons. The molecule has 29 heavy (non-hydrogen) atoms. The average molecular weight is 403 g/mol. The minimum atomic E-state index is -1.25. The Morgan fingerprint density at radius 2 is 2.24 bits per heavy atom. The van der Waals surface area contributed by atoms with Crippen molar-refractivity contribution in [1.29, 1.82) is 0 Å². The topological polar surface area (TPSA) is 123 Å². The predicted molar refractivity (Wildman–Crippen MR) is 105 cm³/mol. The normalized spacial score (nSPS) is 23.1. The summed E-state index contributed by atoms with van der Waals surface area (Å²) in [5, 5.41) is 13.5. The number of nitrogens with zero attached hydrogens (tertiary/aromatic N) is 4. The van der Waals surface area contributed by atoms with Crippen molar-refractivity contribution in [1.82, 2.24) is 9.55 Å². The van der Waals surface area contributed by atoms with Crippen LogP contribution in [0.15, 0.2) is 28.3 Å². The lowest BCUT2D eigenvalue weighted by Crippen LogP contribution is -2.36. The van der Waals surface area contributed by atoms with E-state index in [1.54, 1.807) is 16.7 Å². The number of anilines is 1. The number of pyridine rings is 2. The van der Waals surface area contributed by atoms with E-state index in [2.05, 4.69) is 15.0 Å². The fourth-order valence-corrected chi connectivity index (χ4v) is 3.70. The fourth-order valence-electron chi connectivity index (χ4n) is 3.70. The van der Waals surface area contributed by atoms with Crippen LogP contribution in [0.1, 0.15) is 36.2 Å². The zero-order valence-electron chi connectivity index (χ0n) is 16.0. The number of rotatable bonds is 6. The number of aromatic carboxylic acids is 1. The number of nitrogens with two attached hydrogens (primary N) is 1. The lowest BCUT2D eigenvalue weighted by molar-refractivity contribution is 0.0618. The van der Waals surface area contributed by atoms with E-state index in [9.17, 15) is 19.1 Å². The molecule has 1 aliphatic carbocycles. The van der Waals surface area contributed by atoms with Gasteiger partial charge in [-0.1, -0.05) is 12.1 Å². The SMILES string of the molecule is CC1(CN)CN(c2ccc3c(=O)c(C(=O)O)cn(C4CC4)c3n2)C/C1=N\OCF. The first-order chi connectivity index (χ1) is 13.9. The molecule has 0 bridgehead atoms. The Balaban J connectivity index is 1.78. The monoisotopic (exact) mass is 403 g/mol. The van der Waals surface area contributed by atoms with Gasteiger partial charge in [0, 0.05) is 30.7 Å². The molecule has 1 saturated heterocycles. The Hall–Kier alpha value is -3.01. The molecule has 2 fully saturated rings. The van der Waals surface area contributed by atoms with Gasteiger partial charge in [-0.2, -0.15) is 0 Å². The highest BCUT2D eigenvalue weighted by molar-refractivity contribution is 5.97. The average Bonchev–Trinajstić information content (AvgIpc) is 3.49. The second-order valence-electron chi connectivity index (χ2n) is 7.75. The lowest BCUT2D eigenvalue weighted by Gasteiger charge is -2.23. The fraction of sp³-hybridized carbons (Fsp3) is 0.474. The van der Waals surface area contributed by atoms with Crippen molar-refractivity contribution in [3.05, 3.63) is 34.1 Å². The number of carboxylic acids is 1. The van der Waals surface area contributed by atoms with E-state index in [4.69, 9.17) is 5.73 Å². The van der Waals surface area contributed by atoms with E-state index < -0.39 is 23.7 Å². The van der Waals surface area contributed by atoms with Crippen LogP contribution < -0.4 is 16.1 Å². The van der Waals surface area contributed by atoms with Crippen molar-refractivity contribution in [2.45, 2.75) is 25.8 Å². The number of aromatic nitrogens is 2. The maximum atomic E-state index is 12.6. The molecule has 9 nitrogen and oxygen atoms in total. The number of carbonyl (C=O) groups is 1. The zero-order chi connectivity index (χ0) is 20.8. The second-order valence-corrected chi connectivity index (χ2v) is 7.75. The number of halogens is 1. The van der Waals surface area contributed by atoms with Crippen LogP contribution in [0.5, 0.6) is 0 Å². The summed E-state index contributed by atoms with van der Waals surface area (Å²) in [5.74, 6) is -0.637. The van der Waals surface area contributed by atoms with Gasteiger partial charge in [0.2, 0.25) is 5.43 Å². The summed E-state index contributed by atoms with van der Waals surface area (Å²) < 4.78 is 14.2. The molecule has 154 valence electrons. The maximum Gasteiger partial charge on any atom is 0.341 e. The van der Waals surface area contributed by atoms with Crippen LogP contribution in [-0.2, 0) is 4.84 Å². The summed E-state index contributed by atoms with van der Waals surface area (Å²) in [4.78, 5) is 35.3. The molecule has 0 amide bonds. The van der Waals surface area contributed by atoms with Crippen LogP contribution in [-0.4, -0.2) is 52.8 Å². The van der Waals surface area contributed by atoms with E-state index in [1.165, 1.54) is 6.20 Å². The van der Waals surface area contributed by atoms with E-state index >= 15 is 0 Å². The third kappa shape index (κ3) is 3.33. The van der Waals surface area contributed by atoms with Gasteiger partial charge in [0.25, 0.3) is 6.86 Å². The van der Waals surface area contributed by atoms with Gasteiger partial charge in [-0.15, -0.1) is 0 Å². The minimum absolute atomic E-state index is 0.141. The van der Waals surface area contributed by atoms with Crippen molar-refractivity contribution < 1.29 is 19.1 Å². The molecular weight excluding hydrogens is 381 g/mol. The first-order valence-electron chi connectivity index (χ1n) is 9.37. The smallest absolute Gasteiger partial charge is 0.341 e. The molecule has 2 aromatic rings. The summed E-state index contributed by atoms with van der Waals surface area (Å²) in [6, 6.07) is 3.43. The third-order valence-corrected chi connectivity index (χ3v) is 5.61. The Morgan fingerprint density at radius 3 is 2.86 bits per heavy atom. The summed E-state index contributed by atoms with van der Waals surface area (Å²) in [6.45, 7) is 2.09. The highest BCUT2D eigenvalue weighted by atomic mass is 19.1. The molecule has 1 atom stereocenters. The van der Waals surface area contributed by atoms with Crippen LogP contribution in [0.2, 0.25) is 0 Å². The molecule has 1 unspecified atom stereocenters. The van der Waals surface area contributed by atoms with Gasteiger partial charge in [-0.3, -0.25) is 4.79 Å².